The van der Waals surface area contributed by atoms with Crippen molar-refractivity contribution in [2.24, 2.45) is 4.99 Å². The summed E-state index contributed by atoms with van der Waals surface area (Å²) in [5.74, 6) is 1.11. The van der Waals surface area contributed by atoms with E-state index in [2.05, 4.69) is 29.1 Å². The Morgan fingerprint density at radius 2 is 2.18 bits per heavy atom. The standard InChI is InChI=1S/C16H23F2N3S/c1-16(2)11-21(8-9-22-16)15(19-3)20-7-6-12-10-13(17)4-5-14(12)18/h4-5,10H,6-9,11H2,1-3H3,(H,19,20). The lowest BCUT2D eigenvalue weighted by Crippen LogP contribution is -2.51. The third-order valence-corrected chi connectivity index (χ3v) is 4.92. The van der Waals surface area contributed by atoms with Crippen LogP contribution in [0.4, 0.5) is 8.78 Å². The van der Waals surface area contributed by atoms with Gasteiger partial charge in [-0.2, -0.15) is 11.8 Å². The van der Waals surface area contributed by atoms with Crippen LogP contribution >= 0.6 is 11.8 Å². The molecule has 0 saturated carbocycles. The zero-order chi connectivity index (χ0) is 16.2. The van der Waals surface area contributed by atoms with Crippen molar-refractivity contribution in [2.75, 3.05) is 32.4 Å². The van der Waals surface area contributed by atoms with Crippen LogP contribution < -0.4 is 5.32 Å². The molecule has 1 aromatic carbocycles. The van der Waals surface area contributed by atoms with Crippen molar-refractivity contribution >= 4 is 17.7 Å². The number of thioether (sulfide) groups is 1. The molecule has 1 aromatic rings. The van der Waals surface area contributed by atoms with E-state index in [-0.39, 0.29) is 10.6 Å². The Kier molecular flexibility index (Phi) is 5.67. The molecule has 1 aliphatic rings. The van der Waals surface area contributed by atoms with E-state index in [1.807, 2.05) is 11.8 Å². The van der Waals surface area contributed by atoms with Gasteiger partial charge in [-0.05, 0) is 44.0 Å². The zero-order valence-electron chi connectivity index (χ0n) is 13.3. The maximum Gasteiger partial charge on any atom is 0.193 e. The molecule has 0 spiro atoms. The van der Waals surface area contributed by atoms with E-state index < -0.39 is 5.82 Å². The van der Waals surface area contributed by atoms with E-state index in [0.717, 1.165) is 30.9 Å². The Hall–Kier alpha value is -1.30. The van der Waals surface area contributed by atoms with Crippen LogP contribution in [0.1, 0.15) is 19.4 Å². The van der Waals surface area contributed by atoms with Crippen LogP contribution in [0.25, 0.3) is 0 Å². The molecule has 0 atom stereocenters. The first-order chi connectivity index (χ1) is 10.4. The summed E-state index contributed by atoms with van der Waals surface area (Å²) in [6.07, 6.45) is 0.425. The lowest BCUT2D eigenvalue weighted by molar-refractivity contribution is 0.376. The summed E-state index contributed by atoms with van der Waals surface area (Å²) in [5, 5.41) is 3.25. The summed E-state index contributed by atoms with van der Waals surface area (Å²) >= 11 is 1.96. The van der Waals surface area contributed by atoms with Gasteiger partial charge in [0.05, 0.1) is 0 Å². The molecule has 1 fully saturated rings. The Labute approximate surface area is 135 Å². The Morgan fingerprint density at radius 3 is 2.86 bits per heavy atom. The number of benzene rings is 1. The van der Waals surface area contributed by atoms with Gasteiger partial charge in [-0.25, -0.2) is 8.78 Å². The molecule has 1 heterocycles. The van der Waals surface area contributed by atoms with Crippen LogP contribution in [0.2, 0.25) is 0 Å². The number of aliphatic imine (C=N–C) groups is 1. The van der Waals surface area contributed by atoms with Gasteiger partial charge in [0.1, 0.15) is 11.6 Å². The summed E-state index contributed by atoms with van der Waals surface area (Å²) in [6, 6.07) is 3.56. The van der Waals surface area contributed by atoms with Gasteiger partial charge in [0.15, 0.2) is 5.96 Å². The molecule has 0 aromatic heterocycles. The first kappa shape index (κ1) is 17.1. The van der Waals surface area contributed by atoms with E-state index in [0.29, 0.717) is 18.5 Å². The Balaban J connectivity index is 1.90. The summed E-state index contributed by atoms with van der Waals surface area (Å²) < 4.78 is 26.9. The van der Waals surface area contributed by atoms with Crippen LogP contribution in [0, 0.1) is 11.6 Å². The normalized spacial score (nSPS) is 18.4. The van der Waals surface area contributed by atoms with Gasteiger partial charge in [-0.1, -0.05) is 0 Å². The number of halogens is 2. The molecule has 3 nitrogen and oxygen atoms in total. The Morgan fingerprint density at radius 1 is 1.41 bits per heavy atom. The minimum Gasteiger partial charge on any atom is -0.356 e. The molecular formula is C16H23F2N3S. The van der Waals surface area contributed by atoms with Crippen LogP contribution in [-0.4, -0.2) is 48.0 Å². The monoisotopic (exact) mass is 327 g/mol. The summed E-state index contributed by atoms with van der Waals surface area (Å²) in [5.41, 5.74) is 0.387. The number of hydrogen-bond donors (Lipinski definition) is 1. The molecule has 122 valence electrons. The fraction of sp³-hybridized carbons (Fsp3) is 0.562. The van der Waals surface area contributed by atoms with Crippen LogP contribution in [0.5, 0.6) is 0 Å². The van der Waals surface area contributed by atoms with E-state index in [9.17, 15) is 8.78 Å². The van der Waals surface area contributed by atoms with Crippen molar-refractivity contribution < 1.29 is 8.78 Å². The van der Waals surface area contributed by atoms with Gasteiger partial charge in [-0.15, -0.1) is 0 Å². The second-order valence-corrected chi connectivity index (χ2v) is 7.79. The second kappa shape index (κ2) is 7.31. The fourth-order valence-corrected chi connectivity index (χ4v) is 3.68. The number of rotatable bonds is 3. The van der Waals surface area contributed by atoms with Crippen molar-refractivity contribution in [3.63, 3.8) is 0 Å². The molecule has 1 saturated heterocycles. The largest absolute Gasteiger partial charge is 0.356 e. The smallest absolute Gasteiger partial charge is 0.193 e. The maximum atomic E-state index is 13.6. The highest BCUT2D eigenvalue weighted by Crippen LogP contribution is 2.29. The topological polar surface area (TPSA) is 27.6 Å². The van der Waals surface area contributed by atoms with Crippen molar-refractivity contribution in [1.29, 1.82) is 0 Å². The minimum atomic E-state index is -0.407. The molecule has 0 radical (unpaired) electrons. The minimum absolute atomic E-state index is 0.199. The van der Waals surface area contributed by atoms with E-state index in [1.54, 1.807) is 7.05 Å². The van der Waals surface area contributed by atoms with Gasteiger partial charge in [0, 0.05) is 37.2 Å². The zero-order valence-corrected chi connectivity index (χ0v) is 14.1. The highest BCUT2D eigenvalue weighted by molar-refractivity contribution is 8.00. The molecular weight excluding hydrogens is 304 g/mol. The first-order valence-corrected chi connectivity index (χ1v) is 8.43. The quantitative estimate of drug-likeness (QED) is 0.683. The molecule has 2 rings (SSSR count). The predicted molar refractivity (Wildman–Crippen MR) is 89.5 cm³/mol. The van der Waals surface area contributed by atoms with Gasteiger partial charge in [0.2, 0.25) is 0 Å². The molecule has 22 heavy (non-hydrogen) atoms. The number of nitrogens with one attached hydrogen (secondary N) is 1. The molecule has 1 aliphatic heterocycles. The molecule has 0 unspecified atom stereocenters. The van der Waals surface area contributed by atoms with E-state index in [4.69, 9.17) is 0 Å². The van der Waals surface area contributed by atoms with Gasteiger partial charge >= 0.3 is 0 Å². The van der Waals surface area contributed by atoms with E-state index >= 15 is 0 Å². The molecule has 0 aliphatic carbocycles. The first-order valence-electron chi connectivity index (χ1n) is 7.45. The number of hydrogen-bond acceptors (Lipinski definition) is 2. The van der Waals surface area contributed by atoms with Crippen molar-refractivity contribution in [1.82, 2.24) is 10.2 Å². The van der Waals surface area contributed by atoms with Crippen LogP contribution in [0.15, 0.2) is 23.2 Å². The summed E-state index contributed by atoms with van der Waals surface area (Å²) in [7, 11) is 1.75. The maximum absolute atomic E-state index is 13.6. The summed E-state index contributed by atoms with van der Waals surface area (Å²) in [6.45, 7) is 6.84. The van der Waals surface area contributed by atoms with Crippen molar-refractivity contribution in [3.05, 3.63) is 35.4 Å². The highest BCUT2D eigenvalue weighted by Gasteiger charge is 2.28. The average molecular weight is 327 g/mol. The average Bonchev–Trinajstić information content (AvgIpc) is 2.46. The summed E-state index contributed by atoms with van der Waals surface area (Å²) in [4.78, 5) is 6.52. The molecule has 0 amide bonds. The SMILES string of the molecule is CN=C(NCCc1cc(F)ccc1F)N1CCSC(C)(C)C1. The van der Waals surface area contributed by atoms with E-state index in [1.165, 1.54) is 12.1 Å². The second-order valence-electron chi connectivity index (χ2n) is 5.99. The lowest BCUT2D eigenvalue weighted by atomic mass is 10.1. The molecule has 6 heteroatoms. The third kappa shape index (κ3) is 4.60. The number of guanidine groups is 1. The van der Waals surface area contributed by atoms with Crippen molar-refractivity contribution in [3.8, 4) is 0 Å². The van der Waals surface area contributed by atoms with Gasteiger partial charge in [0.25, 0.3) is 0 Å². The lowest BCUT2D eigenvalue weighted by Gasteiger charge is -2.39. The third-order valence-electron chi connectivity index (χ3n) is 3.62. The van der Waals surface area contributed by atoms with Gasteiger partial charge in [-0.3, -0.25) is 4.99 Å². The van der Waals surface area contributed by atoms with Gasteiger partial charge < -0.3 is 10.2 Å². The number of nitrogens with zero attached hydrogens (tertiary/aromatic N) is 2. The predicted octanol–water partition coefficient (Wildman–Crippen LogP) is 2.91. The van der Waals surface area contributed by atoms with Crippen molar-refractivity contribution in [2.45, 2.75) is 25.0 Å². The highest BCUT2D eigenvalue weighted by atomic mass is 32.2. The molecule has 1 N–H and O–H groups in total. The van der Waals surface area contributed by atoms with Crippen LogP contribution in [0.3, 0.4) is 0 Å². The molecule has 0 bridgehead atoms. The Bertz CT molecular complexity index is 546. The van der Waals surface area contributed by atoms with Crippen LogP contribution in [-0.2, 0) is 6.42 Å². The fourth-order valence-electron chi connectivity index (χ4n) is 2.57.